The Morgan fingerprint density at radius 3 is 2.33 bits per heavy atom. The van der Waals surface area contributed by atoms with Gasteiger partial charge in [0.15, 0.2) is 0 Å². The van der Waals surface area contributed by atoms with Crippen molar-refractivity contribution >= 4 is 24.1 Å². The first-order valence-electron chi connectivity index (χ1n) is 9.27. The average Bonchev–Trinajstić information content (AvgIpc) is 2.86. The van der Waals surface area contributed by atoms with Gasteiger partial charge in [-0.2, -0.15) is 4.31 Å². The Morgan fingerprint density at radius 2 is 1.79 bits per heavy atom. The van der Waals surface area contributed by atoms with E-state index in [4.69, 9.17) is 4.74 Å². The lowest BCUT2D eigenvalue weighted by molar-refractivity contribution is -0.144. The molecule has 0 aromatic heterocycles. The van der Waals surface area contributed by atoms with Crippen molar-refractivity contribution in [3.05, 3.63) is 0 Å². The predicted molar refractivity (Wildman–Crippen MR) is 101 cm³/mol. The van der Waals surface area contributed by atoms with Crippen LogP contribution >= 0.6 is 0 Å². The summed E-state index contributed by atoms with van der Waals surface area (Å²) in [4.78, 5) is 11.9. The smallest absolute Gasteiger partial charge is 0.307 e. The van der Waals surface area contributed by atoms with Gasteiger partial charge in [0, 0.05) is 20.2 Å². The summed E-state index contributed by atoms with van der Waals surface area (Å²) in [6, 6.07) is 0.590. The molecule has 0 radical (unpaired) electrons. The minimum Gasteiger partial charge on any atom is -0.466 e. The van der Waals surface area contributed by atoms with Crippen molar-refractivity contribution in [2.45, 2.75) is 90.1 Å². The van der Waals surface area contributed by atoms with Gasteiger partial charge >= 0.3 is 5.97 Å². The molecule has 1 aliphatic heterocycles. The monoisotopic (exact) mass is 377 g/mol. The van der Waals surface area contributed by atoms with Crippen molar-refractivity contribution in [3.8, 4) is 0 Å². The van der Waals surface area contributed by atoms with E-state index in [1.807, 2.05) is 0 Å². The minimum atomic E-state index is -3.32. The maximum absolute atomic E-state index is 13.0. The first-order valence-corrected chi connectivity index (χ1v) is 14.6. The first-order chi connectivity index (χ1) is 11.1. The van der Waals surface area contributed by atoms with Crippen molar-refractivity contribution in [3.63, 3.8) is 0 Å². The van der Waals surface area contributed by atoms with Crippen LogP contribution in [0.4, 0.5) is 0 Å². The van der Waals surface area contributed by atoms with E-state index >= 15 is 0 Å². The van der Waals surface area contributed by atoms with Crippen LogP contribution < -0.4 is 0 Å². The molecule has 0 amide bonds. The number of hydrogen-bond donors (Lipinski definition) is 0. The standard InChI is InChI=1S/C17H35NO4SSi/c1-6-8-9-15-10-11-16(14-17(19)22-7-2)18(15)23(20,21)12-13-24(3,4)5/h15-16H,6-14H2,1-5H3/t15-,16+/m0/s1. The Balaban J connectivity index is 2.90. The molecule has 0 aromatic carbocycles. The summed E-state index contributed by atoms with van der Waals surface area (Å²) in [5, 5.41) is 0. The van der Waals surface area contributed by atoms with Crippen LogP contribution in [0.2, 0.25) is 25.7 Å². The lowest BCUT2D eigenvalue weighted by atomic mass is 10.1. The van der Waals surface area contributed by atoms with Gasteiger partial charge in [-0.25, -0.2) is 8.42 Å². The van der Waals surface area contributed by atoms with Crippen molar-refractivity contribution in [2.75, 3.05) is 12.4 Å². The number of sulfonamides is 1. The van der Waals surface area contributed by atoms with Gasteiger partial charge in [-0.05, 0) is 32.2 Å². The second-order valence-electron chi connectivity index (χ2n) is 7.99. The fourth-order valence-corrected chi connectivity index (χ4v) is 8.24. The molecule has 24 heavy (non-hydrogen) atoms. The molecule has 0 aliphatic carbocycles. The third-order valence-electron chi connectivity index (χ3n) is 4.58. The Labute approximate surface area is 149 Å². The van der Waals surface area contributed by atoms with Gasteiger partial charge < -0.3 is 4.74 Å². The van der Waals surface area contributed by atoms with Crippen molar-refractivity contribution in [1.29, 1.82) is 0 Å². The zero-order valence-electron chi connectivity index (χ0n) is 16.0. The molecule has 0 aromatic rings. The fraction of sp³-hybridized carbons (Fsp3) is 0.941. The van der Waals surface area contributed by atoms with Gasteiger partial charge in [0.05, 0.1) is 18.8 Å². The summed E-state index contributed by atoms with van der Waals surface area (Å²) < 4.78 is 32.7. The van der Waals surface area contributed by atoms with E-state index in [0.29, 0.717) is 6.61 Å². The summed E-state index contributed by atoms with van der Waals surface area (Å²) in [6.45, 7) is 10.8. The number of carbonyl (C=O) groups excluding carboxylic acids is 1. The molecule has 142 valence electrons. The molecular weight excluding hydrogens is 342 g/mol. The number of esters is 1. The van der Waals surface area contributed by atoms with Crippen LogP contribution in [0.5, 0.6) is 0 Å². The van der Waals surface area contributed by atoms with Gasteiger partial charge in [0.1, 0.15) is 0 Å². The molecule has 0 saturated carbocycles. The summed E-state index contributed by atoms with van der Waals surface area (Å²) in [6.07, 6.45) is 4.78. The van der Waals surface area contributed by atoms with E-state index in [-0.39, 0.29) is 30.2 Å². The molecule has 2 atom stereocenters. The van der Waals surface area contributed by atoms with Crippen LogP contribution in [-0.2, 0) is 19.6 Å². The second-order valence-corrected chi connectivity index (χ2v) is 15.6. The maximum Gasteiger partial charge on any atom is 0.307 e. The highest BCUT2D eigenvalue weighted by atomic mass is 32.2. The molecule has 1 fully saturated rings. The number of hydrogen-bond acceptors (Lipinski definition) is 4. The van der Waals surface area contributed by atoms with Crippen LogP contribution in [0.1, 0.15) is 52.4 Å². The quantitative estimate of drug-likeness (QED) is 0.431. The summed E-state index contributed by atoms with van der Waals surface area (Å²) in [5.41, 5.74) is 0. The highest BCUT2D eigenvalue weighted by molar-refractivity contribution is 7.89. The number of rotatable bonds is 10. The number of unbranched alkanes of at least 4 members (excludes halogenated alkanes) is 1. The maximum atomic E-state index is 13.0. The van der Waals surface area contributed by atoms with E-state index in [0.717, 1.165) is 38.1 Å². The highest BCUT2D eigenvalue weighted by Crippen LogP contribution is 2.33. The van der Waals surface area contributed by atoms with Crippen molar-refractivity contribution < 1.29 is 17.9 Å². The van der Waals surface area contributed by atoms with Gasteiger partial charge in [-0.15, -0.1) is 0 Å². The summed E-state index contributed by atoms with van der Waals surface area (Å²) in [5.74, 6) is -0.0750. The van der Waals surface area contributed by atoms with E-state index in [1.54, 1.807) is 11.2 Å². The number of ether oxygens (including phenoxy) is 1. The largest absolute Gasteiger partial charge is 0.466 e. The summed E-state index contributed by atoms with van der Waals surface area (Å²) >= 11 is 0. The van der Waals surface area contributed by atoms with Gasteiger partial charge in [-0.3, -0.25) is 4.79 Å². The molecule has 1 aliphatic rings. The van der Waals surface area contributed by atoms with Gasteiger partial charge in [0.2, 0.25) is 10.0 Å². The Kier molecular flexibility index (Phi) is 8.42. The van der Waals surface area contributed by atoms with Gasteiger partial charge in [0.25, 0.3) is 0 Å². The molecule has 5 nitrogen and oxygen atoms in total. The average molecular weight is 378 g/mol. The number of nitrogens with zero attached hydrogens (tertiary/aromatic N) is 1. The Hall–Kier alpha value is -0.403. The van der Waals surface area contributed by atoms with E-state index < -0.39 is 18.1 Å². The van der Waals surface area contributed by atoms with Crippen LogP contribution in [-0.4, -0.2) is 51.2 Å². The SMILES string of the molecule is CCCC[C@H]1CC[C@H](CC(=O)OCC)N1S(=O)(=O)CC[Si](C)(C)C. The molecule has 0 bridgehead atoms. The van der Waals surface area contributed by atoms with Crippen molar-refractivity contribution in [2.24, 2.45) is 0 Å². The molecule has 1 rings (SSSR count). The second kappa shape index (κ2) is 9.34. The van der Waals surface area contributed by atoms with Crippen LogP contribution in [0, 0.1) is 0 Å². The normalized spacial score (nSPS) is 22.7. The molecule has 0 N–H and O–H groups in total. The lowest BCUT2D eigenvalue weighted by Gasteiger charge is -2.30. The molecule has 7 heteroatoms. The summed E-state index contributed by atoms with van der Waals surface area (Å²) in [7, 11) is -4.75. The Bertz CT molecular complexity index is 501. The van der Waals surface area contributed by atoms with Crippen LogP contribution in [0.15, 0.2) is 0 Å². The van der Waals surface area contributed by atoms with Crippen molar-refractivity contribution in [1.82, 2.24) is 4.31 Å². The lowest BCUT2D eigenvalue weighted by Crippen LogP contribution is -2.44. The van der Waals surface area contributed by atoms with E-state index in [9.17, 15) is 13.2 Å². The first kappa shape index (κ1) is 21.6. The zero-order valence-corrected chi connectivity index (χ0v) is 17.8. The highest BCUT2D eigenvalue weighted by Gasteiger charge is 2.42. The van der Waals surface area contributed by atoms with Crippen LogP contribution in [0.3, 0.4) is 0 Å². The topological polar surface area (TPSA) is 63.7 Å². The van der Waals surface area contributed by atoms with E-state index in [1.165, 1.54) is 0 Å². The third-order valence-corrected chi connectivity index (χ3v) is 8.65. The van der Waals surface area contributed by atoms with Gasteiger partial charge in [-0.1, -0.05) is 39.4 Å². The van der Waals surface area contributed by atoms with E-state index in [2.05, 4.69) is 26.6 Å². The molecule has 0 unspecified atom stereocenters. The third kappa shape index (κ3) is 6.84. The molecule has 1 saturated heterocycles. The molecule has 1 heterocycles. The molecule has 0 spiro atoms. The zero-order chi connectivity index (χ0) is 18.4. The predicted octanol–water partition coefficient (Wildman–Crippen LogP) is 3.63. The fourth-order valence-electron chi connectivity index (χ4n) is 3.25. The minimum absolute atomic E-state index is 0.0519. The van der Waals surface area contributed by atoms with Crippen LogP contribution in [0.25, 0.3) is 0 Å². The Morgan fingerprint density at radius 1 is 1.17 bits per heavy atom. The number of carbonyl (C=O) groups is 1. The molecular formula is C17H35NO4SSi.